The molecule has 1 heterocycles. The van der Waals surface area contributed by atoms with Crippen molar-refractivity contribution >= 4 is 17.7 Å². The smallest absolute Gasteiger partial charge is 0.231 e. The standard InChI is InChI=1S/C10H9ClO3/c11-8-4-7(2-1-3-12)5-9-10(8)14-6-13-9/h1-2,4-5,12H,3,6H2/b2-1+. The molecule has 0 fully saturated rings. The van der Waals surface area contributed by atoms with E-state index in [1.54, 1.807) is 18.2 Å². The van der Waals surface area contributed by atoms with Crippen LogP contribution in [0.2, 0.25) is 5.02 Å². The maximum Gasteiger partial charge on any atom is 0.231 e. The average molecular weight is 213 g/mol. The Kier molecular flexibility index (Phi) is 2.61. The number of benzene rings is 1. The zero-order chi connectivity index (χ0) is 9.97. The summed E-state index contributed by atoms with van der Waals surface area (Å²) >= 11 is 5.95. The Balaban J connectivity index is 2.37. The number of hydrogen-bond acceptors (Lipinski definition) is 3. The van der Waals surface area contributed by atoms with E-state index in [1.807, 2.05) is 6.07 Å². The average Bonchev–Trinajstić information content (AvgIpc) is 2.63. The molecule has 1 aliphatic rings. The third-order valence-electron chi connectivity index (χ3n) is 1.87. The quantitative estimate of drug-likeness (QED) is 0.816. The summed E-state index contributed by atoms with van der Waals surface area (Å²) in [7, 11) is 0. The fourth-order valence-corrected chi connectivity index (χ4v) is 1.55. The third-order valence-corrected chi connectivity index (χ3v) is 2.15. The molecule has 0 atom stereocenters. The van der Waals surface area contributed by atoms with Gasteiger partial charge in [0, 0.05) is 0 Å². The molecule has 14 heavy (non-hydrogen) atoms. The highest BCUT2D eigenvalue weighted by atomic mass is 35.5. The molecule has 1 aromatic rings. The monoisotopic (exact) mass is 212 g/mol. The van der Waals surface area contributed by atoms with Gasteiger partial charge in [-0.1, -0.05) is 23.8 Å². The Morgan fingerprint density at radius 1 is 1.43 bits per heavy atom. The number of hydrogen-bond donors (Lipinski definition) is 1. The Morgan fingerprint density at radius 3 is 3.07 bits per heavy atom. The first kappa shape index (κ1) is 9.37. The second-order valence-corrected chi connectivity index (χ2v) is 3.23. The highest BCUT2D eigenvalue weighted by Gasteiger charge is 2.17. The van der Waals surface area contributed by atoms with Crippen LogP contribution in [0.1, 0.15) is 5.56 Å². The molecule has 1 aliphatic heterocycles. The molecule has 0 bridgehead atoms. The van der Waals surface area contributed by atoms with Crippen molar-refractivity contribution in [2.45, 2.75) is 0 Å². The number of aliphatic hydroxyl groups is 1. The van der Waals surface area contributed by atoms with Crippen LogP contribution in [0.25, 0.3) is 6.08 Å². The molecule has 0 saturated carbocycles. The Labute approximate surface area is 86.5 Å². The lowest BCUT2D eigenvalue weighted by molar-refractivity contribution is 0.174. The summed E-state index contributed by atoms with van der Waals surface area (Å²) < 4.78 is 10.4. The van der Waals surface area contributed by atoms with E-state index >= 15 is 0 Å². The molecule has 0 aliphatic carbocycles. The zero-order valence-electron chi connectivity index (χ0n) is 7.37. The first-order valence-electron chi connectivity index (χ1n) is 4.18. The van der Waals surface area contributed by atoms with E-state index in [1.165, 1.54) is 0 Å². The van der Waals surface area contributed by atoms with Gasteiger partial charge in [0.2, 0.25) is 6.79 Å². The van der Waals surface area contributed by atoms with Gasteiger partial charge in [-0.3, -0.25) is 0 Å². The Bertz CT molecular complexity index is 374. The lowest BCUT2D eigenvalue weighted by Crippen LogP contribution is -1.93. The second-order valence-electron chi connectivity index (χ2n) is 2.82. The fourth-order valence-electron chi connectivity index (χ4n) is 1.27. The second kappa shape index (κ2) is 3.90. The molecule has 0 spiro atoms. The van der Waals surface area contributed by atoms with Crippen molar-refractivity contribution in [3.8, 4) is 11.5 Å². The maximum absolute atomic E-state index is 8.61. The van der Waals surface area contributed by atoms with E-state index in [0.29, 0.717) is 16.5 Å². The van der Waals surface area contributed by atoms with Crippen molar-refractivity contribution in [2.24, 2.45) is 0 Å². The van der Waals surface area contributed by atoms with Crippen molar-refractivity contribution in [1.29, 1.82) is 0 Å². The van der Waals surface area contributed by atoms with Gasteiger partial charge in [0.25, 0.3) is 0 Å². The number of fused-ring (bicyclic) bond motifs is 1. The lowest BCUT2D eigenvalue weighted by Gasteiger charge is -2.00. The molecule has 1 aromatic carbocycles. The predicted molar refractivity (Wildman–Crippen MR) is 53.7 cm³/mol. The van der Waals surface area contributed by atoms with E-state index in [2.05, 4.69) is 0 Å². The summed E-state index contributed by atoms with van der Waals surface area (Å²) in [6.07, 6.45) is 3.40. The van der Waals surface area contributed by atoms with E-state index in [-0.39, 0.29) is 13.4 Å². The number of ether oxygens (including phenoxy) is 2. The molecule has 4 heteroatoms. The minimum Gasteiger partial charge on any atom is -0.454 e. The maximum atomic E-state index is 8.61. The molecular weight excluding hydrogens is 204 g/mol. The van der Waals surface area contributed by atoms with E-state index in [9.17, 15) is 0 Å². The summed E-state index contributed by atoms with van der Waals surface area (Å²) in [5, 5.41) is 9.14. The molecule has 0 radical (unpaired) electrons. The topological polar surface area (TPSA) is 38.7 Å². The van der Waals surface area contributed by atoms with Crippen LogP contribution >= 0.6 is 11.6 Å². The minimum atomic E-state index is 0.00601. The molecule has 3 nitrogen and oxygen atoms in total. The zero-order valence-corrected chi connectivity index (χ0v) is 8.12. The SMILES string of the molecule is OC/C=C/c1cc(Cl)c2c(c1)OCO2. The number of aliphatic hydroxyl groups excluding tert-OH is 1. The molecule has 1 N–H and O–H groups in total. The predicted octanol–water partition coefficient (Wildman–Crippen LogP) is 2.07. The van der Waals surface area contributed by atoms with Crippen LogP contribution in [0, 0.1) is 0 Å². The first-order chi connectivity index (χ1) is 6.81. The van der Waals surface area contributed by atoms with Gasteiger partial charge in [-0.25, -0.2) is 0 Å². The minimum absolute atomic E-state index is 0.00601. The summed E-state index contributed by atoms with van der Waals surface area (Å²) in [5.41, 5.74) is 0.883. The summed E-state index contributed by atoms with van der Waals surface area (Å²) in [6, 6.07) is 3.58. The van der Waals surface area contributed by atoms with Gasteiger partial charge in [-0.15, -0.1) is 0 Å². The van der Waals surface area contributed by atoms with Crippen molar-refractivity contribution in [3.63, 3.8) is 0 Å². The van der Waals surface area contributed by atoms with Gasteiger partial charge >= 0.3 is 0 Å². The van der Waals surface area contributed by atoms with Crippen molar-refractivity contribution < 1.29 is 14.6 Å². The highest BCUT2D eigenvalue weighted by Crippen LogP contribution is 2.39. The summed E-state index contributed by atoms with van der Waals surface area (Å²) in [4.78, 5) is 0. The van der Waals surface area contributed by atoms with Crippen LogP contribution in [0.5, 0.6) is 11.5 Å². The molecular formula is C10H9ClO3. The van der Waals surface area contributed by atoms with Crippen molar-refractivity contribution in [3.05, 3.63) is 28.8 Å². The molecule has 0 unspecified atom stereocenters. The molecule has 2 rings (SSSR count). The summed E-state index contributed by atoms with van der Waals surface area (Å²) in [6.45, 7) is 0.217. The van der Waals surface area contributed by atoms with Gasteiger partial charge in [-0.05, 0) is 17.7 Å². The fraction of sp³-hybridized carbons (Fsp3) is 0.200. The molecule has 0 amide bonds. The van der Waals surface area contributed by atoms with Gasteiger partial charge in [0.1, 0.15) is 0 Å². The van der Waals surface area contributed by atoms with Crippen LogP contribution in [0.4, 0.5) is 0 Å². The summed E-state index contributed by atoms with van der Waals surface area (Å²) in [5.74, 6) is 1.24. The molecule has 0 aromatic heterocycles. The molecule has 74 valence electrons. The first-order valence-corrected chi connectivity index (χ1v) is 4.55. The van der Waals surface area contributed by atoms with Gasteiger partial charge < -0.3 is 14.6 Å². The third kappa shape index (κ3) is 1.69. The van der Waals surface area contributed by atoms with Crippen LogP contribution in [0.3, 0.4) is 0 Å². The van der Waals surface area contributed by atoms with Crippen LogP contribution in [0.15, 0.2) is 18.2 Å². The Morgan fingerprint density at radius 2 is 2.29 bits per heavy atom. The largest absolute Gasteiger partial charge is 0.454 e. The van der Waals surface area contributed by atoms with E-state index < -0.39 is 0 Å². The van der Waals surface area contributed by atoms with Gasteiger partial charge in [-0.2, -0.15) is 0 Å². The van der Waals surface area contributed by atoms with Crippen molar-refractivity contribution in [1.82, 2.24) is 0 Å². The van der Waals surface area contributed by atoms with Crippen LogP contribution < -0.4 is 9.47 Å². The van der Waals surface area contributed by atoms with E-state index in [4.69, 9.17) is 26.2 Å². The van der Waals surface area contributed by atoms with E-state index in [0.717, 1.165) is 5.56 Å². The normalized spacial score (nSPS) is 13.9. The van der Waals surface area contributed by atoms with Crippen LogP contribution in [-0.2, 0) is 0 Å². The van der Waals surface area contributed by atoms with Gasteiger partial charge in [0.05, 0.1) is 11.6 Å². The highest BCUT2D eigenvalue weighted by molar-refractivity contribution is 6.32. The van der Waals surface area contributed by atoms with Crippen LogP contribution in [-0.4, -0.2) is 18.5 Å². The molecule has 0 saturated heterocycles. The Hall–Kier alpha value is -1.19. The lowest BCUT2D eigenvalue weighted by atomic mass is 10.2. The number of rotatable bonds is 2. The number of halogens is 1. The van der Waals surface area contributed by atoms with Crippen molar-refractivity contribution in [2.75, 3.05) is 13.4 Å². The van der Waals surface area contributed by atoms with Gasteiger partial charge in [0.15, 0.2) is 11.5 Å².